The number of ether oxygens (including phenoxy) is 1. The highest BCUT2D eigenvalue weighted by Crippen LogP contribution is 2.45. The summed E-state index contributed by atoms with van der Waals surface area (Å²) in [5.74, 6) is -0.0236. The fourth-order valence-electron chi connectivity index (χ4n) is 5.10. The minimum Gasteiger partial charge on any atom is -0.448 e. The Balaban J connectivity index is 1.26. The van der Waals surface area contributed by atoms with Crippen LogP contribution >= 0.6 is 23.5 Å². The van der Waals surface area contributed by atoms with Crippen LogP contribution in [0.15, 0.2) is 126 Å². The van der Waals surface area contributed by atoms with E-state index in [1.54, 1.807) is 12.4 Å². The van der Waals surface area contributed by atoms with Gasteiger partial charge in [0.1, 0.15) is 17.1 Å². The first kappa shape index (κ1) is 28.8. The smallest absolute Gasteiger partial charge is 0.356 e. The number of thioether (sulfide) groups is 2. The van der Waals surface area contributed by atoms with Crippen LogP contribution in [0.25, 0.3) is 0 Å². The predicted molar refractivity (Wildman–Crippen MR) is 169 cm³/mol. The Morgan fingerprint density at radius 2 is 1.53 bits per heavy atom. The largest absolute Gasteiger partial charge is 0.448 e. The first-order valence-electron chi connectivity index (χ1n) is 13.9. The standard InChI is InChI=1S/C34H29N3O4S2/c38-28(19-23-11-4-1-5-12-23)36-29-32(39)37-30(27(22-43-33(29)37)42-21-24-13-10-18-35-20-24)34(40)41-31(25-14-6-2-7-15-25)26-16-8-3-9-17-26/h1-18,20,29,31,33H,19,21-22H2,(H,36,38)/t29-,33+/m1/s1. The van der Waals surface area contributed by atoms with Gasteiger partial charge in [0.05, 0.1) is 6.42 Å². The van der Waals surface area contributed by atoms with E-state index in [-0.39, 0.29) is 23.9 Å². The van der Waals surface area contributed by atoms with Gasteiger partial charge < -0.3 is 10.1 Å². The number of aromatic nitrogens is 1. The molecule has 0 radical (unpaired) electrons. The zero-order valence-corrected chi connectivity index (χ0v) is 24.8. The second-order valence-corrected chi connectivity index (χ2v) is 12.3. The van der Waals surface area contributed by atoms with Gasteiger partial charge in [0, 0.05) is 28.8 Å². The van der Waals surface area contributed by atoms with E-state index in [1.165, 1.54) is 28.4 Å². The monoisotopic (exact) mass is 607 g/mol. The summed E-state index contributed by atoms with van der Waals surface area (Å²) in [5, 5.41) is 2.50. The summed E-state index contributed by atoms with van der Waals surface area (Å²) < 4.78 is 6.23. The number of nitrogens with zero attached hydrogens (tertiary/aromatic N) is 2. The van der Waals surface area contributed by atoms with Crippen molar-refractivity contribution in [2.75, 3.05) is 5.75 Å². The van der Waals surface area contributed by atoms with Crippen LogP contribution in [-0.4, -0.2) is 44.8 Å². The van der Waals surface area contributed by atoms with Crippen LogP contribution in [0.4, 0.5) is 0 Å². The average molecular weight is 608 g/mol. The summed E-state index contributed by atoms with van der Waals surface area (Å²) in [6.45, 7) is 0. The molecule has 43 heavy (non-hydrogen) atoms. The van der Waals surface area contributed by atoms with E-state index in [1.807, 2.05) is 103 Å². The van der Waals surface area contributed by atoms with Crippen molar-refractivity contribution >= 4 is 41.3 Å². The van der Waals surface area contributed by atoms with Gasteiger partial charge >= 0.3 is 5.97 Å². The van der Waals surface area contributed by atoms with Gasteiger partial charge in [0.2, 0.25) is 5.91 Å². The molecule has 2 aliphatic heterocycles. The fraction of sp³-hybridized carbons (Fsp3) is 0.176. The van der Waals surface area contributed by atoms with Gasteiger partial charge in [-0.1, -0.05) is 97.1 Å². The number of carbonyl (C=O) groups is 3. The van der Waals surface area contributed by atoms with Gasteiger partial charge in [-0.25, -0.2) is 4.79 Å². The van der Waals surface area contributed by atoms with Gasteiger partial charge in [-0.05, 0) is 28.3 Å². The molecule has 2 aliphatic rings. The normalized spacial score (nSPS) is 17.7. The number of nitrogens with one attached hydrogen (secondary N) is 1. The molecular formula is C34H29N3O4S2. The molecule has 0 bridgehead atoms. The van der Waals surface area contributed by atoms with E-state index in [2.05, 4.69) is 10.3 Å². The molecule has 6 rings (SSSR count). The number of fused-ring (bicyclic) bond motifs is 1. The highest BCUT2D eigenvalue weighted by molar-refractivity contribution is 8.05. The molecule has 7 nitrogen and oxygen atoms in total. The summed E-state index contributed by atoms with van der Waals surface area (Å²) >= 11 is 3.04. The highest BCUT2D eigenvalue weighted by atomic mass is 32.2. The molecule has 0 spiro atoms. The lowest BCUT2D eigenvalue weighted by molar-refractivity contribution is -0.154. The first-order valence-corrected chi connectivity index (χ1v) is 16.0. The first-order chi connectivity index (χ1) is 21.1. The van der Waals surface area contributed by atoms with Gasteiger partial charge in [-0.2, -0.15) is 0 Å². The highest BCUT2D eigenvalue weighted by Gasteiger charge is 2.54. The Bertz CT molecular complexity index is 1580. The summed E-state index contributed by atoms with van der Waals surface area (Å²) in [6.07, 6.45) is 3.03. The van der Waals surface area contributed by atoms with Crippen LogP contribution in [0, 0.1) is 0 Å². The zero-order valence-electron chi connectivity index (χ0n) is 23.2. The fourth-order valence-corrected chi connectivity index (χ4v) is 7.66. The molecule has 216 valence electrons. The Kier molecular flexibility index (Phi) is 8.91. The summed E-state index contributed by atoms with van der Waals surface area (Å²) in [5.41, 5.74) is 3.77. The maximum absolute atomic E-state index is 14.1. The van der Waals surface area contributed by atoms with Crippen LogP contribution in [-0.2, 0) is 31.3 Å². The molecule has 0 saturated carbocycles. The third kappa shape index (κ3) is 6.53. The lowest BCUT2D eigenvalue weighted by atomic mass is 10.0. The van der Waals surface area contributed by atoms with Crippen LogP contribution in [0.2, 0.25) is 0 Å². The molecule has 0 aliphatic carbocycles. The van der Waals surface area contributed by atoms with Crippen molar-refractivity contribution in [3.63, 3.8) is 0 Å². The Labute approximate surface area is 258 Å². The molecule has 1 N–H and O–H groups in total. The third-order valence-electron chi connectivity index (χ3n) is 7.22. The van der Waals surface area contributed by atoms with E-state index in [0.717, 1.165) is 27.2 Å². The number of carbonyl (C=O) groups excluding carboxylic acids is 3. The molecular weight excluding hydrogens is 579 g/mol. The maximum atomic E-state index is 14.1. The maximum Gasteiger partial charge on any atom is 0.356 e. The lowest BCUT2D eigenvalue weighted by Gasteiger charge is -2.49. The van der Waals surface area contributed by atoms with Crippen LogP contribution in [0.3, 0.4) is 0 Å². The summed E-state index contributed by atoms with van der Waals surface area (Å²) in [4.78, 5) is 47.0. The number of hydrogen-bond acceptors (Lipinski definition) is 7. The van der Waals surface area contributed by atoms with Gasteiger partial charge in [0.25, 0.3) is 5.91 Å². The number of hydrogen-bond donors (Lipinski definition) is 1. The second-order valence-electron chi connectivity index (χ2n) is 10.1. The minimum atomic E-state index is -0.715. The number of β-lactam (4-membered cyclic amide) rings is 1. The van der Waals surface area contributed by atoms with E-state index in [9.17, 15) is 14.4 Å². The topological polar surface area (TPSA) is 88.6 Å². The van der Waals surface area contributed by atoms with E-state index < -0.39 is 23.5 Å². The average Bonchev–Trinajstić information content (AvgIpc) is 3.06. The SMILES string of the molecule is O=C(Cc1ccccc1)N[C@@H]1C(=O)N2C(C(=O)OC(c3ccccc3)c3ccccc3)=C(SCc3cccnc3)CS[C@@H]12. The Morgan fingerprint density at radius 1 is 0.907 bits per heavy atom. The summed E-state index contributed by atoms with van der Waals surface area (Å²) in [6, 6.07) is 31.7. The van der Waals surface area contributed by atoms with Crippen LogP contribution in [0.1, 0.15) is 28.4 Å². The van der Waals surface area contributed by atoms with Gasteiger partial charge in [-0.15, -0.1) is 23.5 Å². The van der Waals surface area contributed by atoms with Crippen LogP contribution in [0.5, 0.6) is 0 Å². The second kappa shape index (κ2) is 13.3. The number of benzene rings is 3. The molecule has 3 aromatic carbocycles. The molecule has 4 aromatic rings. The number of pyridine rings is 1. The van der Waals surface area contributed by atoms with Crippen molar-refractivity contribution in [2.45, 2.75) is 29.7 Å². The van der Waals surface area contributed by atoms with Crippen LogP contribution < -0.4 is 5.32 Å². The molecule has 1 aromatic heterocycles. The molecule has 2 atom stereocenters. The summed E-state index contributed by atoms with van der Waals surface area (Å²) in [7, 11) is 0. The number of amides is 2. The third-order valence-corrected chi connectivity index (χ3v) is 9.84. The van der Waals surface area contributed by atoms with E-state index >= 15 is 0 Å². The van der Waals surface area contributed by atoms with Crippen molar-refractivity contribution in [1.82, 2.24) is 15.2 Å². The van der Waals surface area contributed by atoms with Crippen molar-refractivity contribution in [3.8, 4) is 0 Å². The molecule has 1 fully saturated rings. The van der Waals surface area contributed by atoms with Crippen molar-refractivity contribution < 1.29 is 19.1 Å². The molecule has 9 heteroatoms. The molecule has 2 amide bonds. The predicted octanol–water partition coefficient (Wildman–Crippen LogP) is 5.50. The van der Waals surface area contributed by atoms with Crippen molar-refractivity contribution in [1.29, 1.82) is 0 Å². The minimum absolute atomic E-state index is 0.175. The number of esters is 1. The van der Waals surface area contributed by atoms with E-state index in [0.29, 0.717) is 11.5 Å². The quantitative estimate of drug-likeness (QED) is 0.188. The van der Waals surface area contributed by atoms with Crippen molar-refractivity contribution in [2.24, 2.45) is 0 Å². The number of rotatable bonds is 10. The van der Waals surface area contributed by atoms with Crippen molar-refractivity contribution in [3.05, 3.63) is 148 Å². The van der Waals surface area contributed by atoms with Gasteiger partial charge in [-0.3, -0.25) is 19.5 Å². The Morgan fingerprint density at radius 3 is 2.16 bits per heavy atom. The zero-order chi connectivity index (χ0) is 29.6. The lowest BCUT2D eigenvalue weighted by Crippen LogP contribution is -2.70. The van der Waals surface area contributed by atoms with E-state index in [4.69, 9.17) is 4.74 Å². The van der Waals surface area contributed by atoms with Gasteiger partial charge in [0.15, 0.2) is 6.10 Å². The molecule has 3 heterocycles. The molecule has 1 saturated heterocycles. The Hall–Kier alpha value is -4.34. The molecule has 0 unspecified atom stereocenters.